The molecular weight excluding hydrogens is 697 g/mol. The summed E-state index contributed by atoms with van der Waals surface area (Å²) in [6.45, 7) is 5.41. The van der Waals surface area contributed by atoms with E-state index in [9.17, 15) is 14.3 Å². The van der Waals surface area contributed by atoms with Gasteiger partial charge in [-0.2, -0.15) is 0 Å². The van der Waals surface area contributed by atoms with Crippen LogP contribution < -0.4 is 4.89 Å². The molecule has 2 unspecified atom stereocenters. The number of carbonyl (C=O) groups is 1. The van der Waals surface area contributed by atoms with E-state index in [0.717, 1.165) is 32.1 Å². The fourth-order valence-corrected chi connectivity index (χ4v) is 7.21. The monoisotopic (exact) mass is 788 g/mol. The van der Waals surface area contributed by atoms with Crippen molar-refractivity contribution >= 4 is 13.8 Å². The summed E-state index contributed by atoms with van der Waals surface area (Å²) in [5, 5.41) is 0. The van der Waals surface area contributed by atoms with Gasteiger partial charge in [0.15, 0.2) is 0 Å². The van der Waals surface area contributed by atoms with E-state index in [1.165, 1.54) is 161 Å². The number of hydrogen-bond acceptors (Lipinski definition) is 7. The van der Waals surface area contributed by atoms with Crippen molar-refractivity contribution < 1.29 is 37.3 Å². The SMILES string of the molecule is CCCCCCCCCC/C=C\CCCCCCCCCCCCCCCC(=O)OC(COCCCCCCCCC)COP(=O)([O-])OCC[N+](C)(C)C. The van der Waals surface area contributed by atoms with Crippen molar-refractivity contribution in [3.05, 3.63) is 12.2 Å². The number of phosphoric acid groups is 1. The number of rotatable bonds is 43. The predicted octanol–water partition coefficient (Wildman–Crippen LogP) is 12.8. The van der Waals surface area contributed by atoms with Gasteiger partial charge in [0.25, 0.3) is 7.82 Å². The van der Waals surface area contributed by atoms with Crippen LogP contribution in [0.4, 0.5) is 0 Å². The van der Waals surface area contributed by atoms with Crippen LogP contribution in [0.1, 0.15) is 213 Å². The summed E-state index contributed by atoms with van der Waals surface area (Å²) in [4.78, 5) is 25.0. The summed E-state index contributed by atoms with van der Waals surface area (Å²) in [6, 6.07) is 0. The molecule has 0 aromatic heterocycles. The number of hydrogen-bond donors (Lipinski definition) is 0. The summed E-state index contributed by atoms with van der Waals surface area (Å²) in [5.41, 5.74) is 0. The third-order valence-corrected chi connectivity index (χ3v) is 11.0. The van der Waals surface area contributed by atoms with Crippen LogP contribution in [0.5, 0.6) is 0 Å². The first-order chi connectivity index (χ1) is 26.1. The Bertz CT molecular complexity index is 879. The van der Waals surface area contributed by atoms with Gasteiger partial charge in [-0.15, -0.1) is 0 Å². The molecular formula is C45H90NO7P. The Morgan fingerprint density at radius 2 is 0.963 bits per heavy atom. The normalized spacial score (nSPS) is 13.8. The lowest BCUT2D eigenvalue weighted by Gasteiger charge is -2.28. The first-order valence-corrected chi connectivity index (χ1v) is 24.4. The first kappa shape index (κ1) is 53.2. The van der Waals surface area contributed by atoms with Gasteiger partial charge in [0.2, 0.25) is 0 Å². The quantitative estimate of drug-likeness (QED) is 0.0200. The standard InChI is InChI=1S/C45H90NO7P/c1-6-8-10-12-14-15-16-17-18-19-20-21-22-23-24-25-26-27-28-29-30-31-32-34-36-38-45(47)53-44(42-50-40-37-35-33-13-11-9-7-2)43-52-54(48,49)51-41-39-46(3,4)5/h19-20,44H,6-18,21-43H2,1-5H3/b20-19-. The van der Waals surface area contributed by atoms with Crippen LogP contribution in [0, 0.1) is 0 Å². The van der Waals surface area contributed by atoms with Crippen molar-refractivity contribution in [1.82, 2.24) is 0 Å². The van der Waals surface area contributed by atoms with Crippen LogP contribution >= 0.6 is 7.82 Å². The number of quaternary nitrogens is 1. The van der Waals surface area contributed by atoms with Gasteiger partial charge in [-0.1, -0.05) is 180 Å². The van der Waals surface area contributed by atoms with E-state index in [1.54, 1.807) is 0 Å². The molecule has 0 fully saturated rings. The highest BCUT2D eigenvalue weighted by Crippen LogP contribution is 2.38. The Kier molecular flexibility index (Phi) is 38.5. The molecule has 0 rings (SSSR count). The lowest BCUT2D eigenvalue weighted by atomic mass is 10.0. The van der Waals surface area contributed by atoms with Crippen LogP contribution in [-0.4, -0.2) is 70.7 Å². The van der Waals surface area contributed by atoms with Gasteiger partial charge < -0.3 is 27.9 Å². The van der Waals surface area contributed by atoms with Crippen molar-refractivity contribution in [3.8, 4) is 0 Å². The van der Waals surface area contributed by atoms with Crippen molar-refractivity contribution in [3.63, 3.8) is 0 Å². The molecule has 9 heteroatoms. The van der Waals surface area contributed by atoms with Crippen LogP contribution in [0.3, 0.4) is 0 Å². The number of likely N-dealkylation sites (N-methyl/N-ethyl adjacent to an activating group) is 1. The highest BCUT2D eigenvalue weighted by atomic mass is 31.2. The van der Waals surface area contributed by atoms with E-state index in [4.69, 9.17) is 18.5 Å². The zero-order valence-electron chi connectivity index (χ0n) is 36.4. The zero-order chi connectivity index (χ0) is 39.9. The lowest BCUT2D eigenvalue weighted by molar-refractivity contribution is -0.870. The minimum Gasteiger partial charge on any atom is -0.756 e. The molecule has 2 atom stereocenters. The summed E-state index contributed by atoms with van der Waals surface area (Å²) in [5.74, 6) is -0.333. The maximum absolute atomic E-state index is 12.6. The van der Waals surface area contributed by atoms with E-state index >= 15 is 0 Å². The smallest absolute Gasteiger partial charge is 0.306 e. The second-order valence-electron chi connectivity index (χ2n) is 16.8. The number of nitrogens with zero attached hydrogens (tertiary/aromatic N) is 1. The summed E-state index contributed by atoms with van der Waals surface area (Å²) >= 11 is 0. The maximum atomic E-state index is 12.6. The fourth-order valence-electron chi connectivity index (χ4n) is 6.48. The molecule has 0 saturated carbocycles. The second-order valence-corrected chi connectivity index (χ2v) is 18.2. The Hall–Kier alpha value is -0.760. The lowest BCUT2D eigenvalue weighted by Crippen LogP contribution is -2.37. The molecule has 0 aliphatic carbocycles. The number of allylic oxidation sites excluding steroid dienone is 2. The third kappa shape index (κ3) is 42.4. The van der Waals surface area contributed by atoms with Crippen molar-refractivity contribution in [1.29, 1.82) is 0 Å². The van der Waals surface area contributed by atoms with E-state index in [-0.39, 0.29) is 25.8 Å². The fraction of sp³-hybridized carbons (Fsp3) is 0.933. The summed E-state index contributed by atoms with van der Waals surface area (Å²) < 4.78 is 34.4. The topological polar surface area (TPSA) is 94.1 Å². The number of carbonyl (C=O) groups excluding carboxylic acids is 1. The Morgan fingerprint density at radius 1 is 0.556 bits per heavy atom. The Balaban J connectivity index is 3.94. The molecule has 8 nitrogen and oxygen atoms in total. The average molecular weight is 788 g/mol. The molecule has 0 aromatic carbocycles. The molecule has 322 valence electrons. The molecule has 54 heavy (non-hydrogen) atoms. The van der Waals surface area contributed by atoms with Crippen LogP contribution in [-0.2, 0) is 27.9 Å². The van der Waals surface area contributed by atoms with E-state index in [2.05, 4.69) is 26.0 Å². The van der Waals surface area contributed by atoms with Crippen LogP contribution in [0.25, 0.3) is 0 Å². The molecule has 0 aliphatic heterocycles. The molecule has 0 aliphatic rings. The highest BCUT2D eigenvalue weighted by molar-refractivity contribution is 7.45. The van der Waals surface area contributed by atoms with E-state index < -0.39 is 13.9 Å². The van der Waals surface area contributed by atoms with Gasteiger partial charge in [0.1, 0.15) is 19.3 Å². The van der Waals surface area contributed by atoms with Gasteiger partial charge >= 0.3 is 5.97 Å². The molecule has 0 radical (unpaired) electrons. The minimum absolute atomic E-state index is 0.0292. The van der Waals surface area contributed by atoms with Crippen LogP contribution in [0.2, 0.25) is 0 Å². The van der Waals surface area contributed by atoms with Crippen molar-refractivity contribution in [2.75, 3.05) is 54.1 Å². The molecule has 0 bridgehead atoms. The largest absolute Gasteiger partial charge is 0.756 e. The zero-order valence-corrected chi connectivity index (χ0v) is 37.3. The second kappa shape index (κ2) is 39.1. The molecule has 0 amide bonds. The average Bonchev–Trinajstić information content (AvgIpc) is 3.12. The van der Waals surface area contributed by atoms with Crippen molar-refractivity contribution in [2.24, 2.45) is 0 Å². The van der Waals surface area contributed by atoms with Gasteiger partial charge in [0.05, 0.1) is 34.4 Å². The number of phosphoric ester groups is 1. The Morgan fingerprint density at radius 3 is 1.41 bits per heavy atom. The molecule has 0 N–H and O–H groups in total. The maximum Gasteiger partial charge on any atom is 0.306 e. The van der Waals surface area contributed by atoms with Gasteiger partial charge in [-0.25, -0.2) is 0 Å². The van der Waals surface area contributed by atoms with E-state index in [0.29, 0.717) is 24.1 Å². The molecule has 0 saturated heterocycles. The van der Waals surface area contributed by atoms with Crippen molar-refractivity contribution in [2.45, 2.75) is 219 Å². The van der Waals surface area contributed by atoms with Gasteiger partial charge in [-0.05, 0) is 38.5 Å². The molecule has 0 heterocycles. The van der Waals surface area contributed by atoms with Crippen LogP contribution in [0.15, 0.2) is 12.2 Å². The van der Waals surface area contributed by atoms with Gasteiger partial charge in [-0.3, -0.25) is 9.36 Å². The molecule has 0 aromatic rings. The number of ether oxygens (including phenoxy) is 2. The minimum atomic E-state index is -4.51. The highest BCUT2D eigenvalue weighted by Gasteiger charge is 2.20. The first-order valence-electron chi connectivity index (χ1n) is 22.9. The third-order valence-electron chi connectivity index (χ3n) is 10.1. The molecule has 0 spiro atoms. The summed E-state index contributed by atoms with van der Waals surface area (Å²) in [7, 11) is 1.37. The van der Waals surface area contributed by atoms with E-state index in [1.807, 2.05) is 21.1 Å². The number of esters is 1. The summed E-state index contributed by atoms with van der Waals surface area (Å²) in [6.07, 6.45) is 42.5. The Labute approximate surface area is 335 Å². The predicted molar refractivity (Wildman–Crippen MR) is 227 cm³/mol. The number of unbranched alkanes of at least 4 members (excludes halogenated alkanes) is 27. The van der Waals surface area contributed by atoms with Gasteiger partial charge in [0, 0.05) is 13.0 Å².